The van der Waals surface area contributed by atoms with Crippen LogP contribution >= 0.6 is 11.8 Å². The largest absolute Gasteiger partial charge is 0.337 e. The summed E-state index contributed by atoms with van der Waals surface area (Å²) in [6.07, 6.45) is 2.07. The third-order valence-electron chi connectivity index (χ3n) is 3.87. The zero-order valence-corrected chi connectivity index (χ0v) is 13.0. The van der Waals surface area contributed by atoms with Crippen LogP contribution in [0, 0.1) is 31.1 Å². The summed E-state index contributed by atoms with van der Waals surface area (Å²) in [5.74, 6) is 0.610. The van der Waals surface area contributed by atoms with Gasteiger partial charge in [0.1, 0.15) is 5.54 Å². The Morgan fingerprint density at radius 3 is 2.70 bits per heavy atom. The fourth-order valence-electron chi connectivity index (χ4n) is 2.16. The molecule has 1 aromatic carbocycles. The van der Waals surface area contributed by atoms with Crippen LogP contribution in [-0.4, -0.2) is 17.2 Å². The molecule has 0 aromatic heterocycles. The molecule has 4 heteroatoms. The van der Waals surface area contributed by atoms with E-state index in [9.17, 15) is 10.1 Å². The van der Waals surface area contributed by atoms with E-state index in [1.807, 2.05) is 13.0 Å². The summed E-state index contributed by atoms with van der Waals surface area (Å²) in [4.78, 5) is 13.1. The zero-order valence-electron chi connectivity index (χ0n) is 12.2. The maximum absolute atomic E-state index is 12.0. The molecule has 1 N–H and O–H groups in total. The Morgan fingerprint density at radius 2 is 2.15 bits per heavy atom. The van der Waals surface area contributed by atoms with Gasteiger partial charge < -0.3 is 5.32 Å². The first-order valence-electron chi connectivity index (χ1n) is 6.87. The van der Waals surface area contributed by atoms with Gasteiger partial charge in [0.05, 0.1) is 11.8 Å². The average molecular weight is 288 g/mol. The summed E-state index contributed by atoms with van der Waals surface area (Å²) in [5, 5.41) is 12.1. The van der Waals surface area contributed by atoms with E-state index in [0.29, 0.717) is 11.7 Å². The topological polar surface area (TPSA) is 52.9 Å². The minimum Gasteiger partial charge on any atom is -0.337 e. The van der Waals surface area contributed by atoms with Gasteiger partial charge in [0.2, 0.25) is 5.91 Å². The van der Waals surface area contributed by atoms with Gasteiger partial charge in [0, 0.05) is 4.90 Å². The van der Waals surface area contributed by atoms with E-state index in [1.165, 1.54) is 22.9 Å². The number of hydrogen-bond acceptors (Lipinski definition) is 3. The highest BCUT2D eigenvalue weighted by Crippen LogP contribution is 2.39. The van der Waals surface area contributed by atoms with E-state index in [2.05, 4.69) is 37.4 Å². The van der Waals surface area contributed by atoms with Crippen molar-refractivity contribution in [3.05, 3.63) is 29.3 Å². The molecule has 106 valence electrons. The number of hydrogen-bond donors (Lipinski definition) is 1. The van der Waals surface area contributed by atoms with Crippen LogP contribution in [0.15, 0.2) is 23.1 Å². The molecule has 1 saturated carbocycles. The normalized spacial score (nSPS) is 17.1. The van der Waals surface area contributed by atoms with Crippen molar-refractivity contribution < 1.29 is 4.79 Å². The molecule has 1 atom stereocenters. The smallest absolute Gasteiger partial charge is 0.231 e. The Balaban J connectivity index is 1.89. The van der Waals surface area contributed by atoms with Crippen molar-refractivity contribution in [2.45, 2.75) is 44.0 Å². The lowest BCUT2D eigenvalue weighted by Gasteiger charge is -2.22. The summed E-state index contributed by atoms with van der Waals surface area (Å²) in [5.41, 5.74) is 1.79. The van der Waals surface area contributed by atoms with Crippen LogP contribution in [0.2, 0.25) is 0 Å². The molecular weight excluding hydrogens is 268 g/mol. The Labute approximate surface area is 124 Å². The molecule has 1 amide bonds. The molecule has 1 unspecified atom stereocenters. The van der Waals surface area contributed by atoms with Crippen LogP contribution in [0.1, 0.15) is 30.9 Å². The van der Waals surface area contributed by atoms with Crippen molar-refractivity contribution >= 4 is 17.7 Å². The van der Waals surface area contributed by atoms with Gasteiger partial charge in [-0.2, -0.15) is 5.26 Å². The van der Waals surface area contributed by atoms with Gasteiger partial charge in [-0.25, -0.2) is 0 Å². The van der Waals surface area contributed by atoms with Gasteiger partial charge in [-0.3, -0.25) is 4.79 Å². The molecule has 0 radical (unpaired) electrons. The van der Waals surface area contributed by atoms with E-state index in [4.69, 9.17) is 0 Å². The maximum Gasteiger partial charge on any atom is 0.231 e. The first-order valence-corrected chi connectivity index (χ1v) is 7.85. The standard InChI is InChI=1S/C16H20N2OS/c1-11-4-7-14(8-12(11)2)20-9-15(19)18-16(3,10-17)13-5-6-13/h4,7-8,13H,5-6,9H2,1-3H3,(H,18,19). The second-order valence-electron chi connectivity index (χ2n) is 5.67. The summed E-state index contributed by atoms with van der Waals surface area (Å²) >= 11 is 1.51. The molecule has 0 aliphatic heterocycles. The van der Waals surface area contributed by atoms with Crippen molar-refractivity contribution in [3.63, 3.8) is 0 Å². The van der Waals surface area contributed by atoms with Crippen molar-refractivity contribution in [3.8, 4) is 6.07 Å². The maximum atomic E-state index is 12.0. The Morgan fingerprint density at radius 1 is 1.45 bits per heavy atom. The van der Waals surface area contributed by atoms with Gasteiger partial charge >= 0.3 is 0 Å². The first kappa shape index (κ1) is 14.9. The predicted octanol–water partition coefficient (Wildman–Crippen LogP) is 3.20. The van der Waals surface area contributed by atoms with Gasteiger partial charge in [-0.15, -0.1) is 11.8 Å². The molecule has 1 aliphatic carbocycles. The lowest BCUT2D eigenvalue weighted by molar-refractivity contribution is -0.119. The zero-order chi connectivity index (χ0) is 14.8. The fourth-order valence-corrected chi connectivity index (χ4v) is 2.95. The number of nitrogens with zero attached hydrogens (tertiary/aromatic N) is 1. The Bertz CT molecular complexity index is 560. The van der Waals surface area contributed by atoms with Crippen molar-refractivity contribution in [1.29, 1.82) is 5.26 Å². The number of benzene rings is 1. The number of carbonyl (C=O) groups is 1. The number of amides is 1. The second kappa shape index (κ2) is 5.88. The summed E-state index contributed by atoms with van der Waals surface area (Å²) in [7, 11) is 0. The molecule has 3 nitrogen and oxygen atoms in total. The number of aryl methyl sites for hydroxylation is 2. The van der Waals surface area contributed by atoms with Crippen molar-refractivity contribution in [1.82, 2.24) is 5.32 Å². The minimum atomic E-state index is -0.694. The third kappa shape index (κ3) is 3.55. The van der Waals surface area contributed by atoms with Crippen LogP contribution in [0.4, 0.5) is 0 Å². The molecule has 0 spiro atoms. The molecule has 2 rings (SSSR count). The number of nitrogens with one attached hydrogen (secondary N) is 1. The van der Waals surface area contributed by atoms with Crippen LogP contribution in [0.5, 0.6) is 0 Å². The van der Waals surface area contributed by atoms with Crippen LogP contribution < -0.4 is 5.32 Å². The highest BCUT2D eigenvalue weighted by Gasteiger charge is 2.42. The van der Waals surface area contributed by atoms with E-state index in [1.54, 1.807) is 0 Å². The molecule has 0 heterocycles. The van der Waals surface area contributed by atoms with Crippen molar-refractivity contribution in [2.75, 3.05) is 5.75 Å². The van der Waals surface area contributed by atoms with Gasteiger partial charge in [0.15, 0.2) is 0 Å². The van der Waals surface area contributed by atoms with E-state index >= 15 is 0 Å². The molecule has 0 bridgehead atoms. The fraction of sp³-hybridized carbons (Fsp3) is 0.500. The Hall–Kier alpha value is -1.47. The summed E-state index contributed by atoms with van der Waals surface area (Å²) < 4.78 is 0. The lowest BCUT2D eigenvalue weighted by atomic mass is 9.98. The van der Waals surface area contributed by atoms with Gasteiger partial charge in [-0.05, 0) is 62.8 Å². The van der Waals surface area contributed by atoms with E-state index in [-0.39, 0.29) is 5.91 Å². The molecule has 0 saturated heterocycles. The number of thioether (sulfide) groups is 1. The molecule has 1 aliphatic rings. The monoisotopic (exact) mass is 288 g/mol. The molecule has 1 fully saturated rings. The third-order valence-corrected chi connectivity index (χ3v) is 4.87. The lowest BCUT2D eigenvalue weighted by Crippen LogP contribution is -2.47. The SMILES string of the molecule is Cc1ccc(SCC(=O)NC(C)(C#N)C2CC2)cc1C. The van der Waals surface area contributed by atoms with Gasteiger partial charge in [-0.1, -0.05) is 6.07 Å². The molecular formula is C16H20N2OS. The highest BCUT2D eigenvalue weighted by atomic mass is 32.2. The van der Waals surface area contributed by atoms with Crippen LogP contribution in [-0.2, 0) is 4.79 Å². The summed E-state index contributed by atoms with van der Waals surface area (Å²) in [6, 6.07) is 8.44. The van der Waals surface area contributed by atoms with Crippen LogP contribution in [0.3, 0.4) is 0 Å². The average Bonchev–Trinajstić information content (AvgIpc) is 3.25. The van der Waals surface area contributed by atoms with Crippen molar-refractivity contribution in [2.24, 2.45) is 5.92 Å². The number of nitriles is 1. The molecule has 1 aromatic rings. The summed E-state index contributed by atoms with van der Waals surface area (Å²) in [6.45, 7) is 5.97. The predicted molar refractivity (Wildman–Crippen MR) is 81.5 cm³/mol. The quantitative estimate of drug-likeness (QED) is 0.846. The van der Waals surface area contributed by atoms with Gasteiger partial charge in [0.25, 0.3) is 0 Å². The van der Waals surface area contributed by atoms with Crippen LogP contribution in [0.25, 0.3) is 0 Å². The minimum absolute atomic E-state index is 0.0656. The molecule has 20 heavy (non-hydrogen) atoms. The number of rotatable bonds is 5. The van der Waals surface area contributed by atoms with E-state index < -0.39 is 5.54 Å². The number of carbonyl (C=O) groups excluding carboxylic acids is 1. The first-order chi connectivity index (χ1) is 9.44. The highest BCUT2D eigenvalue weighted by molar-refractivity contribution is 8.00. The Kier molecular flexibility index (Phi) is 4.39. The second-order valence-corrected chi connectivity index (χ2v) is 6.72. The van der Waals surface area contributed by atoms with E-state index in [0.717, 1.165) is 17.7 Å².